The Bertz CT molecular complexity index is 752. The van der Waals surface area contributed by atoms with Crippen molar-refractivity contribution in [2.75, 3.05) is 6.61 Å². The molecule has 1 aromatic heterocycles. The average molecular weight is 327 g/mol. The summed E-state index contributed by atoms with van der Waals surface area (Å²) >= 11 is 0. The first kappa shape index (κ1) is 16.4. The smallest absolute Gasteiger partial charge is 0.359 e. The Hall–Kier alpha value is -2.50. The molecular formula is C18H21N3O3. The second-order valence-electron chi connectivity index (χ2n) is 6.25. The van der Waals surface area contributed by atoms with Crippen molar-refractivity contribution in [1.29, 1.82) is 0 Å². The molecule has 0 spiro atoms. The summed E-state index contributed by atoms with van der Waals surface area (Å²) in [5.74, 6) is -0.782. The van der Waals surface area contributed by atoms with E-state index in [9.17, 15) is 9.59 Å². The zero-order valence-electron chi connectivity index (χ0n) is 13.9. The van der Waals surface area contributed by atoms with E-state index in [1.807, 2.05) is 36.9 Å². The Morgan fingerprint density at radius 3 is 2.54 bits per heavy atom. The molecule has 0 bridgehead atoms. The van der Waals surface area contributed by atoms with Crippen LogP contribution in [0.3, 0.4) is 0 Å². The van der Waals surface area contributed by atoms with Crippen LogP contribution in [0, 0.1) is 0 Å². The highest BCUT2D eigenvalue weighted by molar-refractivity contribution is 5.91. The van der Waals surface area contributed by atoms with Gasteiger partial charge in [-0.3, -0.25) is 9.78 Å². The minimum absolute atomic E-state index is 0.112. The van der Waals surface area contributed by atoms with E-state index in [4.69, 9.17) is 4.74 Å². The number of para-hydroxylation sites is 2. The first-order chi connectivity index (χ1) is 11.6. The van der Waals surface area contributed by atoms with Crippen molar-refractivity contribution in [3.63, 3.8) is 0 Å². The fraction of sp³-hybridized carbons (Fsp3) is 0.444. The van der Waals surface area contributed by atoms with Crippen LogP contribution in [0.1, 0.15) is 43.6 Å². The van der Waals surface area contributed by atoms with Crippen molar-refractivity contribution >= 4 is 22.9 Å². The summed E-state index contributed by atoms with van der Waals surface area (Å²) in [6.45, 7) is 3.80. The third-order valence-electron chi connectivity index (χ3n) is 4.47. The Morgan fingerprint density at radius 2 is 1.83 bits per heavy atom. The van der Waals surface area contributed by atoms with Gasteiger partial charge in [-0.2, -0.15) is 0 Å². The molecule has 0 radical (unpaired) electrons. The molecule has 1 saturated heterocycles. The minimum Gasteiger partial charge on any atom is -0.451 e. The van der Waals surface area contributed by atoms with Crippen molar-refractivity contribution in [2.24, 2.45) is 0 Å². The molecular weight excluding hydrogens is 306 g/mol. The molecule has 2 heterocycles. The number of rotatable bonds is 3. The van der Waals surface area contributed by atoms with E-state index in [1.54, 1.807) is 6.07 Å². The first-order valence-corrected chi connectivity index (χ1v) is 8.26. The molecule has 2 aromatic rings. The number of hydrogen-bond donors (Lipinski definition) is 0. The van der Waals surface area contributed by atoms with Crippen LogP contribution in [0.4, 0.5) is 0 Å². The quantitative estimate of drug-likeness (QED) is 0.810. The maximum atomic E-state index is 12.4. The van der Waals surface area contributed by atoms with Gasteiger partial charge in [-0.25, -0.2) is 9.78 Å². The average Bonchev–Trinajstić information content (AvgIpc) is 2.59. The number of carbonyl (C=O) groups excluding carboxylic acids is 2. The molecule has 1 amide bonds. The molecule has 0 N–H and O–H groups in total. The number of likely N-dealkylation sites (tertiary alicyclic amines) is 1. The van der Waals surface area contributed by atoms with E-state index >= 15 is 0 Å². The van der Waals surface area contributed by atoms with Gasteiger partial charge in [0.1, 0.15) is 0 Å². The molecule has 6 nitrogen and oxygen atoms in total. The number of ether oxygens (including phenoxy) is 1. The molecule has 0 unspecified atom stereocenters. The molecule has 6 heteroatoms. The summed E-state index contributed by atoms with van der Waals surface area (Å²) in [5.41, 5.74) is 1.44. The van der Waals surface area contributed by atoms with Crippen LogP contribution < -0.4 is 0 Å². The lowest BCUT2D eigenvalue weighted by Gasteiger charge is -2.38. The number of piperidine rings is 1. The topological polar surface area (TPSA) is 72.4 Å². The summed E-state index contributed by atoms with van der Waals surface area (Å²) in [4.78, 5) is 34.8. The summed E-state index contributed by atoms with van der Waals surface area (Å²) in [6, 6.07) is 7.64. The van der Waals surface area contributed by atoms with Gasteiger partial charge < -0.3 is 9.64 Å². The number of fused-ring (bicyclic) bond motifs is 1. The van der Waals surface area contributed by atoms with Crippen LogP contribution >= 0.6 is 0 Å². The molecule has 1 aliphatic rings. The normalized spacial score (nSPS) is 20.8. The summed E-state index contributed by atoms with van der Waals surface area (Å²) < 4.78 is 5.16. The highest BCUT2D eigenvalue weighted by Crippen LogP contribution is 2.22. The van der Waals surface area contributed by atoms with E-state index in [-0.39, 0.29) is 30.3 Å². The highest BCUT2D eigenvalue weighted by Gasteiger charge is 2.29. The lowest BCUT2D eigenvalue weighted by molar-refractivity contribution is -0.140. The lowest BCUT2D eigenvalue weighted by atomic mass is 9.97. The molecule has 0 aliphatic carbocycles. The summed E-state index contributed by atoms with van der Waals surface area (Å²) in [5, 5.41) is 0. The first-order valence-electron chi connectivity index (χ1n) is 8.26. The third kappa shape index (κ3) is 3.37. The van der Waals surface area contributed by atoms with Crippen molar-refractivity contribution in [1.82, 2.24) is 14.9 Å². The molecule has 1 aliphatic heterocycles. The Labute approximate surface area is 140 Å². The standard InChI is InChI=1S/C18H21N3O3/c1-12-6-5-7-13(2)21(12)17(22)11-24-18(23)16-10-19-14-8-3-4-9-15(14)20-16/h3-4,8-10,12-13H,5-7,11H2,1-2H3/t12-,13-/m1/s1. The van der Waals surface area contributed by atoms with E-state index in [1.165, 1.54) is 6.20 Å². The third-order valence-corrected chi connectivity index (χ3v) is 4.47. The van der Waals surface area contributed by atoms with Gasteiger partial charge in [0.15, 0.2) is 12.3 Å². The fourth-order valence-electron chi connectivity index (χ4n) is 3.24. The number of hydrogen-bond acceptors (Lipinski definition) is 5. The molecule has 126 valence electrons. The monoisotopic (exact) mass is 327 g/mol. The van der Waals surface area contributed by atoms with Gasteiger partial charge >= 0.3 is 5.97 Å². The van der Waals surface area contributed by atoms with Crippen molar-refractivity contribution in [3.05, 3.63) is 36.2 Å². The number of esters is 1. The van der Waals surface area contributed by atoms with E-state index in [2.05, 4.69) is 9.97 Å². The zero-order valence-corrected chi connectivity index (χ0v) is 13.9. The van der Waals surface area contributed by atoms with Crippen molar-refractivity contribution in [2.45, 2.75) is 45.2 Å². The summed E-state index contributed by atoms with van der Waals surface area (Å²) in [6.07, 6.45) is 4.47. The molecule has 3 rings (SSSR count). The maximum absolute atomic E-state index is 12.4. The second-order valence-corrected chi connectivity index (χ2v) is 6.25. The summed E-state index contributed by atoms with van der Waals surface area (Å²) in [7, 11) is 0. The molecule has 24 heavy (non-hydrogen) atoms. The number of carbonyl (C=O) groups is 2. The van der Waals surface area contributed by atoms with Gasteiger partial charge in [-0.05, 0) is 45.2 Å². The Morgan fingerprint density at radius 1 is 1.17 bits per heavy atom. The van der Waals surface area contributed by atoms with Crippen molar-refractivity contribution in [3.8, 4) is 0 Å². The Kier molecular flexibility index (Phi) is 4.74. The fourth-order valence-corrected chi connectivity index (χ4v) is 3.24. The van der Waals surface area contributed by atoms with Crippen molar-refractivity contribution < 1.29 is 14.3 Å². The van der Waals surface area contributed by atoms with E-state index < -0.39 is 5.97 Å². The zero-order chi connectivity index (χ0) is 17.1. The maximum Gasteiger partial charge on any atom is 0.359 e. The van der Waals surface area contributed by atoms with Gasteiger partial charge in [-0.1, -0.05) is 12.1 Å². The van der Waals surface area contributed by atoms with E-state index in [0.717, 1.165) is 19.3 Å². The molecule has 2 atom stereocenters. The Balaban J connectivity index is 1.64. The van der Waals surface area contributed by atoms with Crippen LogP contribution in [0.25, 0.3) is 11.0 Å². The van der Waals surface area contributed by atoms with Gasteiger partial charge in [0.2, 0.25) is 0 Å². The SMILES string of the molecule is C[C@@H]1CCC[C@@H](C)N1C(=O)COC(=O)c1cnc2ccccc2n1. The molecule has 0 saturated carbocycles. The highest BCUT2D eigenvalue weighted by atomic mass is 16.5. The largest absolute Gasteiger partial charge is 0.451 e. The van der Waals surface area contributed by atoms with Crippen LogP contribution in [0.2, 0.25) is 0 Å². The van der Waals surface area contributed by atoms with Gasteiger partial charge in [0.25, 0.3) is 5.91 Å². The lowest BCUT2D eigenvalue weighted by Crippen LogP contribution is -2.49. The van der Waals surface area contributed by atoms with Gasteiger partial charge in [0, 0.05) is 12.1 Å². The van der Waals surface area contributed by atoms with Gasteiger partial charge in [-0.15, -0.1) is 0 Å². The van der Waals surface area contributed by atoms with E-state index in [0.29, 0.717) is 11.0 Å². The van der Waals surface area contributed by atoms with Crippen LogP contribution in [0.15, 0.2) is 30.5 Å². The van der Waals surface area contributed by atoms with Crippen LogP contribution in [-0.4, -0.2) is 45.4 Å². The predicted molar refractivity (Wildman–Crippen MR) is 89.4 cm³/mol. The minimum atomic E-state index is -0.626. The molecule has 1 fully saturated rings. The predicted octanol–water partition coefficient (Wildman–Crippen LogP) is 2.58. The number of nitrogens with zero attached hydrogens (tertiary/aromatic N) is 3. The second kappa shape index (κ2) is 6.95. The number of benzene rings is 1. The van der Waals surface area contributed by atoms with Crippen LogP contribution in [-0.2, 0) is 9.53 Å². The van der Waals surface area contributed by atoms with Crippen LogP contribution in [0.5, 0.6) is 0 Å². The number of amides is 1. The number of aromatic nitrogens is 2. The van der Waals surface area contributed by atoms with Gasteiger partial charge in [0.05, 0.1) is 17.2 Å². The molecule has 1 aromatic carbocycles.